The van der Waals surface area contributed by atoms with Gasteiger partial charge in [0.15, 0.2) is 0 Å². The minimum atomic E-state index is -0.677. The van der Waals surface area contributed by atoms with E-state index in [-0.39, 0.29) is 16.9 Å². The summed E-state index contributed by atoms with van der Waals surface area (Å²) in [7, 11) is 0. The second kappa shape index (κ2) is 5.21. The Bertz CT molecular complexity index is 628. The van der Waals surface area contributed by atoms with Crippen LogP contribution in [-0.2, 0) is 0 Å². The Morgan fingerprint density at radius 1 is 1.26 bits per heavy atom. The lowest BCUT2D eigenvalue weighted by Crippen LogP contribution is -2.14. The first-order valence-corrected chi connectivity index (χ1v) is 5.24. The lowest BCUT2D eigenvalue weighted by molar-refractivity contribution is -0.385. The van der Waals surface area contributed by atoms with Crippen LogP contribution in [0.1, 0.15) is 10.4 Å². The molecular weight excluding hydrogens is 253 g/mol. The Kier molecular flexibility index (Phi) is 3.46. The molecule has 19 heavy (non-hydrogen) atoms. The Morgan fingerprint density at radius 2 is 2.00 bits per heavy atom. The predicted molar refractivity (Wildman–Crippen MR) is 65.2 cm³/mol. The molecule has 96 valence electrons. The first-order chi connectivity index (χ1) is 9.08. The summed E-state index contributed by atoms with van der Waals surface area (Å²) in [6.45, 7) is 0. The molecule has 0 aliphatic heterocycles. The number of para-hydroxylation sites is 1. The Labute approximate surface area is 107 Å². The fourth-order valence-corrected chi connectivity index (χ4v) is 1.47. The third-order valence-corrected chi connectivity index (χ3v) is 2.33. The van der Waals surface area contributed by atoms with Crippen molar-refractivity contribution in [2.45, 2.75) is 0 Å². The van der Waals surface area contributed by atoms with Crippen LogP contribution in [0.3, 0.4) is 0 Å². The van der Waals surface area contributed by atoms with Crippen molar-refractivity contribution in [3.8, 4) is 0 Å². The SMILES string of the molecule is O=C(Nc1ccc(F)nc1)c1ccccc1[N+](=O)[O-]. The molecule has 0 saturated heterocycles. The standard InChI is InChI=1S/C12H8FN3O3/c13-11-6-5-8(7-14-11)15-12(17)9-3-1-2-4-10(9)16(18)19/h1-7H,(H,15,17). The summed E-state index contributed by atoms with van der Waals surface area (Å²) in [6, 6.07) is 7.95. The average Bonchev–Trinajstić information content (AvgIpc) is 2.41. The van der Waals surface area contributed by atoms with Gasteiger partial charge in [-0.2, -0.15) is 4.39 Å². The summed E-state index contributed by atoms with van der Waals surface area (Å²) in [4.78, 5) is 25.4. The summed E-state index contributed by atoms with van der Waals surface area (Å²) in [5.74, 6) is -1.33. The maximum Gasteiger partial charge on any atom is 0.282 e. The van der Waals surface area contributed by atoms with Crippen LogP contribution in [0.25, 0.3) is 0 Å². The van der Waals surface area contributed by atoms with Gasteiger partial charge in [0.2, 0.25) is 5.95 Å². The molecule has 1 aromatic carbocycles. The second-order valence-corrected chi connectivity index (χ2v) is 3.60. The highest BCUT2D eigenvalue weighted by Crippen LogP contribution is 2.19. The zero-order chi connectivity index (χ0) is 13.8. The van der Waals surface area contributed by atoms with Crippen LogP contribution in [0.2, 0.25) is 0 Å². The number of hydrogen-bond acceptors (Lipinski definition) is 4. The molecular formula is C12H8FN3O3. The van der Waals surface area contributed by atoms with E-state index in [0.29, 0.717) is 0 Å². The van der Waals surface area contributed by atoms with Gasteiger partial charge in [0.25, 0.3) is 11.6 Å². The van der Waals surface area contributed by atoms with E-state index < -0.39 is 16.8 Å². The van der Waals surface area contributed by atoms with Gasteiger partial charge in [-0.15, -0.1) is 0 Å². The molecule has 6 nitrogen and oxygen atoms in total. The van der Waals surface area contributed by atoms with Gasteiger partial charge in [0, 0.05) is 6.07 Å². The number of aromatic nitrogens is 1. The van der Waals surface area contributed by atoms with E-state index >= 15 is 0 Å². The van der Waals surface area contributed by atoms with Crippen LogP contribution in [0.4, 0.5) is 15.8 Å². The summed E-state index contributed by atoms with van der Waals surface area (Å²) in [5.41, 5.74) is -0.114. The zero-order valence-electron chi connectivity index (χ0n) is 9.54. The number of pyridine rings is 1. The molecule has 0 saturated carbocycles. The Hall–Kier alpha value is -2.83. The third-order valence-electron chi connectivity index (χ3n) is 2.33. The predicted octanol–water partition coefficient (Wildman–Crippen LogP) is 2.38. The molecule has 0 bridgehead atoms. The molecule has 0 unspecified atom stereocenters. The van der Waals surface area contributed by atoms with Gasteiger partial charge in [0.05, 0.1) is 16.8 Å². The molecule has 7 heteroatoms. The maximum absolute atomic E-state index is 12.6. The fraction of sp³-hybridized carbons (Fsp3) is 0. The minimum Gasteiger partial charge on any atom is -0.320 e. The number of nitro groups is 1. The van der Waals surface area contributed by atoms with Crippen molar-refractivity contribution in [2.24, 2.45) is 0 Å². The first kappa shape index (κ1) is 12.6. The van der Waals surface area contributed by atoms with E-state index in [4.69, 9.17) is 0 Å². The second-order valence-electron chi connectivity index (χ2n) is 3.60. The number of nitro benzene ring substituents is 1. The third kappa shape index (κ3) is 2.89. The van der Waals surface area contributed by atoms with Crippen LogP contribution >= 0.6 is 0 Å². The lowest BCUT2D eigenvalue weighted by Gasteiger charge is -2.05. The number of rotatable bonds is 3. The molecule has 0 fully saturated rings. The summed E-state index contributed by atoms with van der Waals surface area (Å²) in [6.07, 6.45) is 1.13. The monoisotopic (exact) mass is 261 g/mol. The molecule has 0 spiro atoms. The molecule has 1 amide bonds. The number of hydrogen-bond donors (Lipinski definition) is 1. The fourth-order valence-electron chi connectivity index (χ4n) is 1.47. The largest absolute Gasteiger partial charge is 0.320 e. The number of amides is 1. The van der Waals surface area contributed by atoms with Gasteiger partial charge in [-0.05, 0) is 18.2 Å². The highest BCUT2D eigenvalue weighted by molar-refractivity contribution is 6.06. The van der Waals surface area contributed by atoms with Gasteiger partial charge in [-0.1, -0.05) is 12.1 Å². The normalized spacial score (nSPS) is 9.95. The van der Waals surface area contributed by atoms with Crippen LogP contribution in [0, 0.1) is 16.1 Å². The van der Waals surface area contributed by atoms with Crippen LogP contribution in [0.5, 0.6) is 0 Å². The van der Waals surface area contributed by atoms with Gasteiger partial charge in [-0.25, -0.2) is 4.98 Å². The molecule has 0 radical (unpaired) electrons. The number of halogens is 1. The summed E-state index contributed by atoms with van der Waals surface area (Å²) in [5, 5.41) is 13.2. The first-order valence-electron chi connectivity index (χ1n) is 5.24. The zero-order valence-corrected chi connectivity index (χ0v) is 9.54. The van der Waals surface area contributed by atoms with Gasteiger partial charge in [-0.3, -0.25) is 14.9 Å². The van der Waals surface area contributed by atoms with Crippen molar-refractivity contribution in [3.63, 3.8) is 0 Å². The van der Waals surface area contributed by atoms with Crippen LogP contribution in [0.15, 0.2) is 42.6 Å². The molecule has 0 atom stereocenters. The van der Waals surface area contributed by atoms with Crippen LogP contribution < -0.4 is 5.32 Å². The quantitative estimate of drug-likeness (QED) is 0.522. The Morgan fingerprint density at radius 3 is 2.63 bits per heavy atom. The van der Waals surface area contributed by atoms with E-state index in [0.717, 1.165) is 12.3 Å². The number of nitrogens with zero attached hydrogens (tertiary/aromatic N) is 2. The van der Waals surface area contributed by atoms with E-state index in [9.17, 15) is 19.3 Å². The molecule has 1 N–H and O–H groups in total. The number of carbonyl (C=O) groups excluding carboxylic acids is 1. The lowest BCUT2D eigenvalue weighted by atomic mass is 10.1. The van der Waals surface area contributed by atoms with Crippen molar-refractivity contribution in [1.82, 2.24) is 4.98 Å². The molecule has 2 rings (SSSR count). The molecule has 2 aromatic rings. The van der Waals surface area contributed by atoms with Crippen molar-refractivity contribution < 1.29 is 14.1 Å². The van der Waals surface area contributed by atoms with Crippen molar-refractivity contribution in [1.29, 1.82) is 0 Å². The van der Waals surface area contributed by atoms with Crippen molar-refractivity contribution in [2.75, 3.05) is 5.32 Å². The van der Waals surface area contributed by atoms with E-state index in [2.05, 4.69) is 10.3 Å². The molecule has 1 heterocycles. The number of benzene rings is 1. The number of anilines is 1. The maximum atomic E-state index is 12.6. The molecule has 0 aliphatic rings. The topological polar surface area (TPSA) is 85.1 Å². The van der Waals surface area contributed by atoms with Gasteiger partial charge in [0.1, 0.15) is 5.56 Å². The van der Waals surface area contributed by atoms with Crippen molar-refractivity contribution >= 4 is 17.3 Å². The summed E-state index contributed by atoms with van der Waals surface area (Å²) < 4.78 is 12.6. The van der Waals surface area contributed by atoms with E-state index in [1.807, 2.05) is 0 Å². The summed E-state index contributed by atoms with van der Waals surface area (Å²) >= 11 is 0. The van der Waals surface area contributed by atoms with E-state index in [1.54, 1.807) is 0 Å². The highest BCUT2D eigenvalue weighted by Gasteiger charge is 2.19. The number of carbonyl (C=O) groups is 1. The number of nitrogens with one attached hydrogen (secondary N) is 1. The van der Waals surface area contributed by atoms with Gasteiger partial charge < -0.3 is 5.32 Å². The van der Waals surface area contributed by atoms with Gasteiger partial charge >= 0.3 is 0 Å². The highest BCUT2D eigenvalue weighted by atomic mass is 19.1. The van der Waals surface area contributed by atoms with Crippen molar-refractivity contribution in [3.05, 3.63) is 64.2 Å². The van der Waals surface area contributed by atoms with E-state index in [1.165, 1.54) is 30.3 Å². The Balaban J connectivity index is 2.25. The van der Waals surface area contributed by atoms with Crippen LogP contribution in [-0.4, -0.2) is 15.8 Å². The smallest absolute Gasteiger partial charge is 0.282 e. The average molecular weight is 261 g/mol. The minimum absolute atomic E-state index is 0.0724. The molecule has 0 aliphatic carbocycles. The molecule has 1 aromatic heterocycles.